The van der Waals surface area contributed by atoms with Gasteiger partial charge in [0.2, 0.25) is 23.6 Å². The highest BCUT2D eigenvalue weighted by Gasteiger charge is 2.33. The number of amides is 4. The van der Waals surface area contributed by atoms with Crippen LogP contribution in [0.5, 0.6) is 0 Å². The number of rotatable bonds is 17. The summed E-state index contributed by atoms with van der Waals surface area (Å²) in [5, 5.41) is 17.2. The van der Waals surface area contributed by atoms with Crippen molar-refractivity contribution in [3.05, 3.63) is 18.2 Å². The summed E-state index contributed by atoms with van der Waals surface area (Å²) in [4.78, 5) is 68.2. The van der Waals surface area contributed by atoms with Crippen LogP contribution in [0.4, 0.5) is 0 Å². The number of H-pyrrole nitrogens is 1. The topological polar surface area (TPSA) is 222 Å². The number of carbonyl (C=O) groups is 5. The lowest BCUT2D eigenvalue weighted by Crippen LogP contribution is -2.59. The summed E-state index contributed by atoms with van der Waals surface area (Å²) >= 11 is 1.45. The van der Waals surface area contributed by atoms with E-state index in [4.69, 9.17) is 11.5 Å². The van der Waals surface area contributed by atoms with Gasteiger partial charge in [-0.25, -0.2) is 9.78 Å². The van der Waals surface area contributed by atoms with Gasteiger partial charge >= 0.3 is 5.97 Å². The first kappa shape index (κ1) is 30.9. The molecule has 0 aromatic carbocycles. The highest BCUT2D eigenvalue weighted by Crippen LogP contribution is 2.11. The number of thioether (sulfide) groups is 1. The normalized spacial score (nSPS) is 15.1. The van der Waals surface area contributed by atoms with Crippen LogP contribution in [0.1, 0.15) is 45.2 Å². The minimum Gasteiger partial charge on any atom is -0.480 e. The first-order valence-corrected chi connectivity index (χ1v) is 13.0. The minimum atomic E-state index is -1.17. The predicted molar refractivity (Wildman–Crippen MR) is 135 cm³/mol. The highest BCUT2D eigenvalue weighted by atomic mass is 32.2. The summed E-state index contributed by atoms with van der Waals surface area (Å²) < 4.78 is 0. The molecule has 5 atom stereocenters. The van der Waals surface area contributed by atoms with Crippen LogP contribution in [0.2, 0.25) is 0 Å². The molecule has 0 saturated heterocycles. The van der Waals surface area contributed by atoms with Crippen molar-refractivity contribution in [1.29, 1.82) is 0 Å². The Morgan fingerprint density at radius 3 is 2.28 bits per heavy atom. The van der Waals surface area contributed by atoms with Crippen LogP contribution in [-0.4, -0.2) is 80.8 Å². The Morgan fingerprint density at radius 1 is 1.08 bits per heavy atom. The Morgan fingerprint density at radius 2 is 1.75 bits per heavy atom. The number of nitrogens with two attached hydrogens (primary N) is 2. The molecule has 1 rings (SSSR count). The predicted octanol–water partition coefficient (Wildman–Crippen LogP) is -1.12. The fourth-order valence-corrected chi connectivity index (χ4v) is 3.71. The summed E-state index contributed by atoms with van der Waals surface area (Å²) in [6, 6.07) is -4.33. The SMILES string of the molecule is CCC(C)C(NC(=O)C(Cc1cnc[nH]1)NC(=O)C(N)CCC(N)=O)C(=O)NC(CCSC)C(=O)O. The maximum atomic E-state index is 13.2. The van der Waals surface area contributed by atoms with E-state index in [1.54, 1.807) is 6.92 Å². The summed E-state index contributed by atoms with van der Waals surface area (Å²) in [5.41, 5.74) is 11.5. The van der Waals surface area contributed by atoms with E-state index in [1.807, 2.05) is 13.2 Å². The molecule has 0 aliphatic rings. The molecule has 4 amide bonds. The lowest BCUT2D eigenvalue weighted by Gasteiger charge is -2.28. The minimum absolute atomic E-state index is 0.00405. The molecule has 0 saturated carbocycles. The lowest BCUT2D eigenvalue weighted by molar-refractivity contribution is -0.142. The number of nitrogens with one attached hydrogen (secondary N) is 4. The number of carboxylic acids is 1. The molecule has 14 heteroatoms. The average molecular weight is 528 g/mol. The number of imidazole rings is 1. The maximum absolute atomic E-state index is 13.2. The van der Waals surface area contributed by atoms with Crippen LogP contribution in [0.15, 0.2) is 12.5 Å². The summed E-state index contributed by atoms with van der Waals surface area (Å²) in [7, 11) is 0. The van der Waals surface area contributed by atoms with Gasteiger partial charge in [-0.1, -0.05) is 20.3 Å². The first-order chi connectivity index (χ1) is 17.0. The molecule has 0 fully saturated rings. The molecule has 1 aromatic rings. The second kappa shape index (κ2) is 15.8. The fraction of sp³-hybridized carbons (Fsp3) is 0.636. The molecule has 0 aliphatic heterocycles. The Bertz CT molecular complexity index is 882. The van der Waals surface area contributed by atoms with Crippen LogP contribution in [0.25, 0.3) is 0 Å². The smallest absolute Gasteiger partial charge is 0.326 e. The van der Waals surface area contributed by atoms with Gasteiger partial charge in [0.1, 0.15) is 18.1 Å². The zero-order valence-electron chi connectivity index (χ0n) is 20.8. The lowest BCUT2D eigenvalue weighted by atomic mass is 9.97. The van der Waals surface area contributed by atoms with Crippen molar-refractivity contribution in [2.75, 3.05) is 12.0 Å². The van der Waals surface area contributed by atoms with Crippen LogP contribution < -0.4 is 27.4 Å². The van der Waals surface area contributed by atoms with E-state index in [0.29, 0.717) is 17.9 Å². The number of primary amides is 1. The maximum Gasteiger partial charge on any atom is 0.326 e. The number of aromatic nitrogens is 2. The Kier molecular flexibility index (Phi) is 13.5. The van der Waals surface area contributed by atoms with E-state index in [-0.39, 0.29) is 31.6 Å². The summed E-state index contributed by atoms with van der Waals surface area (Å²) in [5.74, 6) is -3.52. The van der Waals surface area contributed by atoms with Gasteiger partial charge in [0.05, 0.1) is 12.4 Å². The van der Waals surface area contributed by atoms with Gasteiger partial charge in [0.15, 0.2) is 0 Å². The van der Waals surface area contributed by atoms with Crippen molar-refractivity contribution in [2.45, 2.75) is 70.1 Å². The molecule has 5 unspecified atom stereocenters. The zero-order chi connectivity index (χ0) is 27.3. The van der Waals surface area contributed by atoms with Crippen molar-refractivity contribution >= 4 is 41.4 Å². The molecule has 1 heterocycles. The van der Waals surface area contributed by atoms with E-state index in [9.17, 15) is 29.1 Å². The zero-order valence-corrected chi connectivity index (χ0v) is 21.6. The van der Waals surface area contributed by atoms with Crippen molar-refractivity contribution in [3.63, 3.8) is 0 Å². The van der Waals surface area contributed by atoms with Gasteiger partial charge < -0.3 is 37.5 Å². The van der Waals surface area contributed by atoms with E-state index in [2.05, 4.69) is 25.9 Å². The third-order valence-corrected chi connectivity index (χ3v) is 6.31. The van der Waals surface area contributed by atoms with Crippen molar-refractivity contribution in [2.24, 2.45) is 17.4 Å². The van der Waals surface area contributed by atoms with E-state index >= 15 is 0 Å². The Balaban J connectivity index is 3.04. The first-order valence-electron chi connectivity index (χ1n) is 11.6. The van der Waals surface area contributed by atoms with Gasteiger partial charge in [-0.2, -0.15) is 11.8 Å². The number of aliphatic carboxylic acids is 1. The van der Waals surface area contributed by atoms with Crippen LogP contribution >= 0.6 is 11.8 Å². The number of aromatic amines is 1. The Labute approximate surface area is 214 Å². The van der Waals surface area contributed by atoms with Crippen molar-refractivity contribution in [1.82, 2.24) is 25.9 Å². The number of nitrogens with zero attached hydrogens (tertiary/aromatic N) is 1. The summed E-state index contributed by atoms with van der Waals surface area (Å²) in [6.07, 6.45) is 5.43. The highest BCUT2D eigenvalue weighted by molar-refractivity contribution is 7.98. The van der Waals surface area contributed by atoms with Gasteiger partial charge in [-0.15, -0.1) is 0 Å². The quantitative estimate of drug-likeness (QED) is 0.130. The van der Waals surface area contributed by atoms with Crippen LogP contribution in [0.3, 0.4) is 0 Å². The number of carbonyl (C=O) groups excluding carboxylic acids is 4. The molecule has 1 aromatic heterocycles. The third kappa shape index (κ3) is 10.6. The second-order valence-electron chi connectivity index (χ2n) is 8.51. The largest absolute Gasteiger partial charge is 0.480 e. The molecular weight excluding hydrogens is 490 g/mol. The van der Waals surface area contributed by atoms with Crippen molar-refractivity contribution < 1.29 is 29.1 Å². The molecule has 9 N–H and O–H groups in total. The fourth-order valence-electron chi connectivity index (χ4n) is 3.24. The molecule has 36 heavy (non-hydrogen) atoms. The molecule has 0 radical (unpaired) electrons. The monoisotopic (exact) mass is 527 g/mol. The third-order valence-electron chi connectivity index (χ3n) is 5.67. The van der Waals surface area contributed by atoms with Crippen LogP contribution in [0, 0.1) is 5.92 Å². The molecule has 0 bridgehead atoms. The Hall–Kier alpha value is -3.13. The van der Waals surface area contributed by atoms with E-state index in [1.165, 1.54) is 24.3 Å². The van der Waals surface area contributed by atoms with Gasteiger partial charge in [-0.3, -0.25) is 19.2 Å². The number of hydrogen-bond acceptors (Lipinski definition) is 8. The standard InChI is InChI=1S/C22H37N7O6S/c1-4-12(2)18(21(33)27-15(22(34)35)7-8-36-3)29-20(32)16(9-13-10-25-11-26-13)28-19(31)14(23)5-6-17(24)30/h10-12,14-16,18H,4-9,23H2,1-3H3,(H2,24,30)(H,25,26)(H,27,33)(H,28,31)(H,29,32)(H,34,35). The molecule has 0 spiro atoms. The van der Waals surface area contributed by atoms with Gasteiger partial charge in [0.25, 0.3) is 0 Å². The number of hydrogen-bond donors (Lipinski definition) is 7. The molecule has 0 aliphatic carbocycles. The molecule has 13 nitrogen and oxygen atoms in total. The molecular formula is C22H37N7O6S. The van der Waals surface area contributed by atoms with E-state index in [0.717, 1.165) is 0 Å². The molecule has 202 valence electrons. The average Bonchev–Trinajstić information content (AvgIpc) is 3.35. The summed E-state index contributed by atoms with van der Waals surface area (Å²) in [6.45, 7) is 3.59. The van der Waals surface area contributed by atoms with Gasteiger partial charge in [0, 0.05) is 24.7 Å². The number of carboxylic acid groups (broad SMARTS) is 1. The van der Waals surface area contributed by atoms with Crippen molar-refractivity contribution in [3.8, 4) is 0 Å². The second-order valence-corrected chi connectivity index (χ2v) is 9.49. The van der Waals surface area contributed by atoms with E-state index < -0.39 is 53.8 Å². The van der Waals surface area contributed by atoms with Gasteiger partial charge in [-0.05, 0) is 30.8 Å². The van der Waals surface area contributed by atoms with Crippen LogP contribution in [-0.2, 0) is 30.4 Å².